The van der Waals surface area contributed by atoms with Crippen molar-refractivity contribution in [2.24, 2.45) is 5.41 Å². The van der Waals surface area contributed by atoms with Gasteiger partial charge in [-0.25, -0.2) is 0 Å². The fourth-order valence-corrected chi connectivity index (χ4v) is 1.07. The van der Waals surface area contributed by atoms with Crippen molar-refractivity contribution in [1.82, 2.24) is 10.3 Å². The summed E-state index contributed by atoms with van der Waals surface area (Å²) in [7, 11) is 0. The lowest BCUT2D eigenvalue weighted by atomic mass is 9.88. The summed E-state index contributed by atoms with van der Waals surface area (Å²) in [5.41, 5.74) is 0.240. The van der Waals surface area contributed by atoms with E-state index in [0.29, 0.717) is 0 Å². The molecular formula is C12H18N2O2. The van der Waals surface area contributed by atoms with Crippen molar-refractivity contribution >= 4 is 5.91 Å². The van der Waals surface area contributed by atoms with E-state index in [1.807, 2.05) is 27.7 Å². The second-order valence-electron chi connectivity index (χ2n) is 4.95. The summed E-state index contributed by atoms with van der Waals surface area (Å²) >= 11 is 0. The summed E-state index contributed by atoms with van der Waals surface area (Å²) in [4.78, 5) is 15.5. The molecule has 1 rings (SSSR count). The molecule has 2 N–H and O–H groups in total. The van der Waals surface area contributed by atoms with Gasteiger partial charge in [0.1, 0.15) is 5.75 Å². The van der Waals surface area contributed by atoms with Gasteiger partial charge in [-0.1, -0.05) is 20.8 Å². The van der Waals surface area contributed by atoms with E-state index in [9.17, 15) is 9.90 Å². The van der Waals surface area contributed by atoms with E-state index in [1.165, 1.54) is 18.5 Å². The van der Waals surface area contributed by atoms with Gasteiger partial charge in [-0.15, -0.1) is 0 Å². The molecule has 16 heavy (non-hydrogen) atoms. The monoisotopic (exact) mass is 222 g/mol. The number of pyridine rings is 1. The van der Waals surface area contributed by atoms with Crippen molar-refractivity contribution < 1.29 is 9.90 Å². The number of nitrogens with zero attached hydrogens (tertiary/aromatic N) is 1. The third kappa shape index (κ3) is 2.95. The Labute approximate surface area is 95.7 Å². The molecule has 1 heterocycles. The fraction of sp³-hybridized carbons (Fsp3) is 0.500. The van der Waals surface area contributed by atoms with Crippen LogP contribution in [-0.4, -0.2) is 22.0 Å². The van der Waals surface area contributed by atoms with E-state index < -0.39 is 0 Å². The summed E-state index contributed by atoms with van der Waals surface area (Å²) in [6.07, 6.45) is 2.74. The predicted molar refractivity (Wildman–Crippen MR) is 62.3 cm³/mol. The maximum atomic E-state index is 11.8. The average molecular weight is 222 g/mol. The Morgan fingerprint density at radius 1 is 1.50 bits per heavy atom. The van der Waals surface area contributed by atoms with Gasteiger partial charge in [0.15, 0.2) is 0 Å². The molecule has 1 amide bonds. The number of nitrogens with one attached hydrogen (secondary N) is 1. The van der Waals surface area contributed by atoms with Gasteiger partial charge in [-0.3, -0.25) is 9.78 Å². The van der Waals surface area contributed by atoms with Crippen LogP contribution in [0.2, 0.25) is 0 Å². The first-order valence-corrected chi connectivity index (χ1v) is 5.26. The topological polar surface area (TPSA) is 62.2 Å². The third-order valence-corrected chi connectivity index (χ3v) is 2.69. The maximum absolute atomic E-state index is 11.8. The minimum atomic E-state index is -0.276. The van der Waals surface area contributed by atoms with Gasteiger partial charge in [0.05, 0.1) is 11.8 Å². The number of rotatable bonds is 2. The van der Waals surface area contributed by atoms with Gasteiger partial charge in [0.2, 0.25) is 0 Å². The van der Waals surface area contributed by atoms with Gasteiger partial charge >= 0.3 is 0 Å². The minimum Gasteiger partial charge on any atom is -0.505 e. The third-order valence-electron chi connectivity index (χ3n) is 2.69. The summed E-state index contributed by atoms with van der Waals surface area (Å²) in [5.74, 6) is -0.372. The number of carbonyl (C=O) groups excluding carboxylic acids is 1. The van der Waals surface area contributed by atoms with Crippen LogP contribution >= 0.6 is 0 Å². The van der Waals surface area contributed by atoms with Crippen molar-refractivity contribution in [2.45, 2.75) is 33.7 Å². The van der Waals surface area contributed by atoms with E-state index in [-0.39, 0.29) is 28.7 Å². The Morgan fingerprint density at radius 2 is 2.12 bits per heavy atom. The Balaban J connectivity index is 2.78. The molecule has 0 bridgehead atoms. The van der Waals surface area contributed by atoms with Crippen LogP contribution in [0.5, 0.6) is 5.75 Å². The Hall–Kier alpha value is -1.58. The van der Waals surface area contributed by atoms with Crippen LogP contribution in [0.4, 0.5) is 0 Å². The van der Waals surface area contributed by atoms with E-state index >= 15 is 0 Å². The molecule has 0 aliphatic rings. The first kappa shape index (κ1) is 12.5. The molecule has 0 spiro atoms. The smallest absolute Gasteiger partial charge is 0.255 e. The number of hydrogen-bond donors (Lipinski definition) is 2. The van der Waals surface area contributed by atoms with E-state index in [2.05, 4.69) is 10.3 Å². The Kier molecular flexibility index (Phi) is 3.52. The van der Waals surface area contributed by atoms with Crippen molar-refractivity contribution in [3.63, 3.8) is 0 Å². The van der Waals surface area contributed by atoms with Crippen molar-refractivity contribution in [2.75, 3.05) is 0 Å². The van der Waals surface area contributed by atoms with Crippen LogP contribution in [0.25, 0.3) is 0 Å². The highest BCUT2D eigenvalue weighted by Gasteiger charge is 2.23. The molecule has 0 aliphatic heterocycles. The molecule has 0 saturated carbocycles. The molecule has 4 nitrogen and oxygen atoms in total. The van der Waals surface area contributed by atoms with E-state index in [1.54, 1.807) is 0 Å². The maximum Gasteiger partial charge on any atom is 0.255 e. The van der Waals surface area contributed by atoms with E-state index in [0.717, 1.165) is 0 Å². The standard InChI is InChI=1S/C12H18N2O2/c1-8(12(2,3)4)14-11(16)9-5-6-13-7-10(9)15/h5-8,15H,1-4H3,(H,14,16). The molecular weight excluding hydrogens is 204 g/mol. The number of aromatic nitrogens is 1. The molecule has 0 radical (unpaired) electrons. The molecule has 4 heteroatoms. The molecule has 1 atom stereocenters. The van der Waals surface area contributed by atoms with Crippen LogP contribution in [0.3, 0.4) is 0 Å². The molecule has 1 unspecified atom stereocenters. The zero-order valence-electron chi connectivity index (χ0n) is 10.1. The Morgan fingerprint density at radius 3 is 2.62 bits per heavy atom. The van der Waals surface area contributed by atoms with Gasteiger partial charge < -0.3 is 10.4 Å². The zero-order chi connectivity index (χ0) is 12.3. The minimum absolute atomic E-state index is 0.0156. The van der Waals surface area contributed by atoms with Gasteiger partial charge in [-0.2, -0.15) is 0 Å². The van der Waals surface area contributed by atoms with Crippen LogP contribution < -0.4 is 5.32 Å². The first-order chi connectivity index (χ1) is 7.32. The quantitative estimate of drug-likeness (QED) is 0.804. The molecule has 1 aromatic heterocycles. The number of amides is 1. The SMILES string of the molecule is CC(NC(=O)c1ccncc1O)C(C)(C)C. The lowest BCUT2D eigenvalue weighted by Crippen LogP contribution is -2.41. The van der Waals surface area contributed by atoms with Crippen molar-refractivity contribution in [1.29, 1.82) is 0 Å². The summed E-state index contributed by atoms with van der Waals surface area (Å²) in [5, 5.41) is 12.3. The normalized spacial score (nSPS) is 13.2. The van der Waals surface area contributed by atoms with Crippen molar-refractivity contribution in [3.05, 3.63) is 24.0 Å². The summed E-state index contributed by atoms with van der Waals surface area (Å²) < 4.78 is 0. The molecule has 0 aromatic carbocycles. The highest BCUT2D eigenvalue weighted by atomic mass is 16.3. The predicted octanol–water partition coefficient (Wildman–Crippen LogP) is 1.95. The number of carbonyl (C=O) groups is 1. The Bertz CT molecular complexity index is 383. The number of aromatic hydroxyl groups is 1. The van der Waals surface area contributed by atoms with Crippen LogP contribution in [0.15, 0.2) is 18.5 Å². The van der Waals surface area contributed by atoms with Crippen LogP contribution in [-0.2, 0) is 0 Å². The molecule has 1 aromatic rings. The average Bonchev–Trinajstić information content (AvgIpc) is 2.16. The molecule has 88 valence electrons. The van der Waals surface area contributed by atoms with Gasteiger partial charge in [0, 0.05) is 12.2 Å². The van der Waals surface area contributed by atoms with E-state index in [4.69, 9.17) is 0 Å². The van der Waals surface area contributed by atoms with Crippen LogP contribution in [0, 0.1) is 5.41 Å². The zero-order valence-corrected chi connectivity index (χ0v) is 10.1. The molecule has 0 fully saturated rings. The second kappa shape index (κ2) is 4.51. The highest BCUT2D eigenvalue weighted by molar-refractivity contribution is 5.96. The summed E-state index contributed by atoms with van der Waals surface area (Å²) in [6.45, 7) is 8.08. The molecule has 0 aliphatic carbocycles. The van der Waals surface area contributed by atoms with Gasteiger partial charge in [-0.05, 0) is 18.4 Å². The lowest BCUT2D eigenvalue weighted by molar-refractivity contribution is 0.0907. The molecule has 0 saturated heterocycles. The largest absolute Gasteiger partial charge is 0.505 e. The number of hydrogen-bond acceptors (Lipinski definition) is 3. The highest BCUT2D eigenvalue weighted by Crippen LogP contribution is 2.20. The fourth-order valence-electron chi connectivity index (χ4n) is 1.07. The van der Waals surface area contributed by atoms with Gasteiger partial charge in [0.25, 0.3) is 5.91 Å². The second-order valence-corrected chi connectivity index (χ2v) is 4.95. The van der Waals surface area contributed by atoms with Crippen molar-refractivity contribution in [3.8, 4) is 5.75 Å². The first-order valence-electron chi connectivity index (χ1n) is 5.26. The lowest BCUT2D eigenvalue weighted by Gasteiger charge is -2.28. The summed E-state index contributed by atoms with van der Waals surface area (Å²) in [6, 6.07) is 1.52. The van der Waals surface area contributed by atoms with Crippen LogP contribution in [0.1, 0.15) is 38.1 Å².